The van der Waals surface area contributed by atoms with Crippen LogP contribution in [0.2, 0.25) is 0 Å². The maximum absolute atomic E-state index is 12.6. The largest absolute Gasteiger partial charge is 0.339 e. The molecule has 0 aliphatic heterocycles. The Morgan fingerprint density at radius 2 is 1.46 bits per heavy atom. The molecule has 0 fully saturated rings. The van der Waals surface area contributed by atoms with Crippen molar-refractivity contribution in [3.05, 3.63) is 48.5 Å². The first-order chi connectivity index (χ1) is 12.0. The molecule has 26 heavy (non-hydrogen) atoms. The van der Waals surface area contributed by atoms with Gasteiger partial charge < -0.3 is 4.90 Å². The van der Waals surface area contributed by atoms with Crippen LogP contribution in [0.5, 0.6) is 0 Å². The van der Waals surface area contributed by atoms with Crippen molar-refractivity contribution in [3.63, 3.8) is 0 Å². The first-order valence-corrected chi connectivity index (χ1v) is 11.5. The van der Waals surface area contributed by atoms with Crippen LogP contribution >= 0.6 is 11.8 Å². The average Bonchev–Trinajstić information content (AvgIpc) is 2.55. The highest BCUT2D eigenvalue weighted by molar-refractivity contribution is 8.13. The summed E-state index contributed by atoms with van der Waals surface area (Å²) < 4.78 is 51.2. The van der Waals surface area contributed by atoms with Gasteiger partial charge in [0.2, 0.25) is 0 Å². The van der Waals surface area contributed by atoms with Gasteiger partial charge in [-0.3, -0.25) is 9.52 Å². The van der Waals surface area contributed by atoms with Crippen molar-refractivity contribution in [2.75, 3.05) is 25.1 Å². The molecule has 2 rings (SSSR count). The van der Waals surface area contributed by atoms with Crippen molar-refractivity contribution in [3.8, 4) is 0 Å². The maximum atomic E-state index is 12.6. The Kier molecular flexibility index (Phi) is 5.99. The van der Waals surface area contributed by atoms with Crippen molar-refractivity contribution in [2.24, 2.45) is 0 Å². The SMILES string of the molecule is CN(C)C(=O)Sc1ccc(NS(=O)(=O)c2ccccc2S(C)(=O)=O)cc1. The monoisotopic (exact) mass is 414 g/mol. The number of sulfone groups is 1. The Morgan fingerprint density at radius 1 is 0.923 bits per heavy atom. The molecule has 0 saturated carbocycles. The number of sulfonamides is 1. The van der Waals surface area contributed by atoms with Gasteiger partial charge in [0.05, 0.1) is 4.90 Å². The Hall–Kier alpha value is -2.04. The van der Waals surface area contributed by atoms with E-state index in [1.807, 2.05) is 0 Å². The van der Waals surface area contributed by atoms with Crippen LogP contribution in [-0.4, -0.2) is 47.3 Å². The summed E-state index contributed by atoms with van der Waals surface area (Å²) in [5, 5.41) is -0.152. The molecular weight excluding hydrogens is 396 g/mol. The van der Waals surface area contributed by atoms with E-state index < -0.39 is 19.9 Å². The molecule has 1 N–H and O–H groups in total. The first-order valence-electron chi connectivity index (χ1n) is 7.32. The normalized spacial score (nSPS) is 11.8. The summed E-state index contributed by atoms with van der Waals surface area (Å²) in [6.45, 7) is 0. The number of anilines is 1. The van der Waals surface area contributed by atoms with Gasteiger partial charge in [-0.15, -0.1) is 0 Å². The number of hydrogen-bond donors (Lipinski definition) is 1. The molecule has 1 amide bonds. The van der Waals surface area contributed by atoms with Crippen LogP contribution in [0.15, 0.2) is 63.2 Å². The molecule has 0 spiro atoms. The summed E-state index contributed by atoms with van der Waals surface area (Å²) in [5.74, 6) is 0. The fourth-order valence-electron chi connectivity index (χ4n) is 1.97. The molecule has 2 aromatic carbocycles. The molecule has 140 valence electrons. The van der Waals surface area contributed by atoms with Crippen LogP contribution in [0.3, 0.4) is 0 Å². The van der Waals surface area contributed by atoms with Crippen LogP contribution in [0.1, 0.15) is 0 Å². The van der Waals surface area contributed by atoms with Gasteiger partial charge in [-0.2, -0.15) is 0 Å². The van der Waals surface area contributed by atoms with Crippen LogP contribution in [0.25, 0.3) is 0 Å². The summed E-state index contributed by atoms with van der Waals surface area (Å²) in [5.41, 5.74) is 0.259. The third-order valence-corrected chi connectivity index (χ3v) is 6.99. The molecule has 0 radical (unpaired) electrons. The van der Waals surface area contributed by atoms with Crippen LogP contribution in [-0.2, 0) is 19.9 Å². The highest BCUT2D eigenvalue weighted by Crippen LogP contribution is 2.26. The van der Waals surface area contributed by atoms with E-state index in [0.29, 0.717) is 4.90 Å². The number of carbonyl (C=O) groups is 1. The molecule has 2 aromatic rings. The van der Waals surface area contributed by atoms with Gasteiger partial charge in [-0.05, 0) is 48.2 Å². The summed E-state index contributed by atoms with van der Waals surface area (Å²) >= 11 is 1.01. The molecule has 0 saturated heterocycles. The van der Waals surface area contributed by atoms with Gasteiger partial charge in [-0.1, -0.05) is 12.1 Å². The van der Waals surface area contributed by atoms with Gasteiger partial charge >= 0.3 is 0 Å². The fraction of sp³-hybridized carbons (Fsp3) is 0.188. The summed E-state index contributed by atoms with van der Waals surface area (Å²) in [6.07, 6.45) is 0.954. The summed E-state index contributed by atoms with van der Waals surface area (Å²) in [4.78, 5) is 13.2. The first kappa shape index (κ1) is 20.3. The molecular formula is C16H18N2O5S3. The fourth-order valence-corrected chi connectivity index (χ4v) is 5.32. The quantitative estimate of drug-likeness (QED) is 0.755. The number of rotatable bonds is 5. The highest BCUT2D eigenvalue weighted by atomic mass is 32.2. The number of benzene rings is 2. The van der Waals surface area contributed by atoms with Crippen LogP contribution in [0.4, 0.5) is 10.5 Å². The number of carbonyl (C=O) groups excluding carboxylic acids is 1. The summed E-state index contributed by atoms with van der Waals surface area (Å²) in [7, 11) is -4.52. The van der Waals surface area contributed by atoms with E-state index in [1.54, 1.807) is 26.2 Å². The third kappa shape index (κ3) is 4.99. The molecule has 10 heteroatoms. The number of nitrogens with one attached hydrogen (secondary N) is 1. The van der Waals surface area contributed by atoms with Gasteiger partial charge in [0.15, 0.2) is 9.84 Å². The Balaban J connectivity index is 2.27. The molecule has 0 bridgehead atoms. The minimum absolute atomic E-state index is 0.152. The van der Waals surface area contributed by atoms with E-state index in [4.69, 9.17) is 0 Å². The lowest BCUT2D eigenvalue weighted by Crippen LogP contribution is -2.17. The minimum Gasteiger partial charge on any atom is -0.339 e. The van der Waals surface area contributed by atoms with Gasteiger partial charge in [0, 0.05) is 30.9 Å². The third-order valence-electron chi connectivity index (χ3n) is 3.21. The van der Waals surface area contributed by atoms with E-state index in [-0.39, 0.29) is 20.7 Å². The van der Waals surface area contributed by atoms with E-state index in [9.17, 15) is 21.6 Å². The Morgan fingerprint density at radius 3 is 1.96 bits per heavy atom. The lowest BCUT2D eigenvalue weighted by molar-refractivity contribution is 0.241. The maximum Gasteiger partial charge on any atom is 0.285 e. The Bertz CT molecular complexity index is 1010. The topological polar surface area (TPSA) is 101 Å². The molecule has 7 nitrogen and oxygen atoms in total. The van der Waals surface area contributed by atoms with Gasteiger partial charge in [0.1, 0.15) is 4.90 Å². The van der Waals surface area contributed by atoms with Crippen LogP contribution in [0, 0.1) is 0 Å². The second kappa shape index (κ2) is 7.68. The zero-order valence-electron chi connectivity index (χ0n) is 14.3. The highest BCUT2D eigenvalue weighted by Gasteiger charge is 2.23. The van der Waals surface area contributed by atoms with Crippen molar-refractivity contribution in [2.45, 2.75) is 14.7 Å². The standard InChI is InChI=1S/C16H18N2O5S3/c1-18(2)16(19)24-13-10-8-12(9-11-13)17-26(22,23)15-7-5-4-6-14(15)25(3,20)21/h4-11,17H,1-3H3. The molecule has 0 unspecified atom stereocenters. The number of thioether (sulfide) groups is 1. The van der Waals surface area contributed by atoms with Crippen molar-refractivity contribution in [1.82, 2.24) is 4.90 Å². The van der Waals surface area contributed by atoms with Crippen molar-refractivity contribution in [1.29, 1.82) is 0 Å². The van der Waals surface area contributed by atoms with Crippen molar-refractivity contribution < 1.29 is 21.6 Å². The lowest BCUT2D eigenvalue weighted by Gasteiger charge is -2.12. The number of nitrogens with zero attached hydrogens (tertiary/aromatic N) is 1. The minimum atomic E-state index is -4.09. The average molecular weight is 415 g/mol. The predicted molar refractivity (Wildman–Crippen MR) is 102 cm³/mol. The Labute approximate surface area is 157 Å². The molecule has 0 aliphatic carbocycles. The van der Waals surface area contributed by atoms with E-state index in [0.717, 1.165) is 18.0 Å². The van der Waals surface area contributed by atoms with E-state index >= 15 is 0 Å². The zero-order chi connectivity index (χ0) is 19.5. The second-order valence-corrected chi connectivity index (χ2v) is 10.3. The molecule has 0 heterocycles. The lowest BCUT2D eigenvalue weighted by atomic mass is 10.3. The summed E-state index contributed by atoms with van der Waals surface area (Å²) in [6, 6.07) is 11.6. The van der Waals surface area contributed by atoms with Gasteiger partial charge in [-0.25, -0.2) is 16.8 Å². The van der Waals surface area contributed by atoms with Crippen molar-refractivity contribution >= 4 is 42.5 Å². The smallest absolute Gasteiger partial charge is 0.285 e. The number of amides is 1. The van der Waals surface area contributed by atoms with E-state index in [2.05, 4.69) is 4.72 Å². The second-order valence-electron chi connectivity index (χ2n) is 5.61. The predicted octanol–water partition coefficient (Wildman–Crippen LogP) is 2.66. The molecule has 0 atom stereocenters. The van der Waals surface area contributed by atoms with Crippen LogP contribution < -0.4 is 4.72 Å². The van der Waals surface area contributed by atoms with E-state index in [1.165, 1.54) is 41.3 Å². The molecule has 0 aromatic heterocycles. The zero-order valence-corrected chi connectivity index (χ0v) is 16.8. The van der Waals surface area contributed by atoms with Gasteiger partial charge in [0.25, 0.3) is 15.3 Å². The number of hydrogen-bond acceptors (Lipinski definition) is 6. The molecule has 0 aliphatic rings.